The highest BCUT2D eigenvalue weighted by Gasteiger charge is 2.16. The van der Waals surface area contributed by atoms with Crippen LogP contribution in [-0.4, -0.2) is 17.6 Å². The Morgan fingerprint density at radius 1 is 1.53 bits per heavy atom. The number of carboxylic acids is 1. The molecule has 4 heteroatoms. The number of rotatable bonds is 4. The van der Waals surface area contributed by atoms with Gasteiger partial charge < -0.3 is 10.8 Å². The average Bonchev–Trinajstić information content (AvgIpc) is 2.25. The largest absolute Gasteiger partial charge is 0.481 e. The maximum Gasteiger partial charge on any atom is 0.304 e. The molecule has 0 radical (unpaired) electrons. The van der Waals surface area contributed by atoms with Crippen molar-refractivity contribution in [3.8, 4) is 6.07 Å². The predicted molar refractivity (Wildman–Crippen MR) is 55.2 cm³/mol. The first kappa shape index (κ1) is 11.2. The zero-order valence-electron chi connectivity index (χ0n) is 8.18. The van der Waals surface area contributed by atoms with Crippen molar-refractivity contribution in [1.29, 1.82) is 5.26 Å². The van der Waals surface area contributed by atoms with Crippen LogP contribution in [0.3, 0.4) is 0 Å². The molecular formula is C11H12N2O2. The van der Waals surface area contributed by atoms with Crippen LogP contribution >= 0.6 is 0 Å². The fourth-order valence-electron chi connectivity index (χ4n) is 1.49. The molecule has 0 saturated carbocycles. The van der Waals surface area contributed by atoms with Crippen LogP contribution in [0, 0.1) is 11.3 Å². The molecule has 0 fully saturated rings. The van der Waals surface area contributed by atoms with Crippen LogP contribution in [0.5, 0.6) is 0 Å². The van der Waals surface area contributed by atoms with E-state index in [2.05, 4.69) is 0 Å². The lowest BCUT2D eigenvalue weighted by Crippen LogP contribution is -2.17. The Bertz CT molecular complexity index is 396. The minimum atomic E-state index is -0.904. The summed E-state index contributed by atoms with van der Waals surface area (Å²) in [5.74, 6) is -1.20. The van der Waals surface area contributed by atoms with Crippen molar-refractivity contribution in [3.63, 3.8) is 0 Å². The van der Waals surface area contributed by atoms with Crippen LogP contribution < -0.4 is 5.73 Å². The quantitative estimate of drug-likeness (QED) is 0.768. The van der Waals surface area contributed by atoms with E-state index >= 15 is 0 Å². The van der Waals surface area contributed by atoms with Gasteiger partial charge in [-0.2, -0.15) is 5.26 Å². The van der Waals surface area contributed by atoms with Gasteiger partial charge >= 0.3 is 5.97 Å². The third-order valence-corrected chi connectivity index (χ3v) is 2.23. The normalized spacial score (nSPS) is 11.7. The first-order valence-electron chi connectivity index (χ1n) is 4.60. The fourth-order valence-corrected chi connectivity index (χ4v) is 1.49. The van der Waals surface area contributed by atoms with E-state index in [-0.39, 0.29) is 18.9 Å². The highest BCUT2D eigenvalue weighted by atomic mass is 16.4. The van der Waals surface area contributed by atoms with Crippen molar-refractivity contribution in [1.82, 2.24) is 0 Å². The molecule has 78 valence electrons. The Kier molecular flexibility index (Phi) is 3.83. The molecule has 1 atom stereocenters. The molecule has 0 aliphatic rings. The van der Waals surface area contributed by atoms with Crippen molar-refractivity contribution in [2.75, 3.05) is 6.54 Å². The number of nitriles is 1. The maximum atomic E-state index is 10.6. The van der Waals surface area contributed by atoms with E-state index in [1.54, 1.807) is 24.3 Å². The van der Waals surface area contributed by atoms with Crippen molar-refractivity contribution in [2.45, 2.75) is 12.3 Å². The second-order valence-electron chi connectivity index (χ2n) is 3.23. The van der Waals surface area contributed by atoms with E-state index in [1.807, 2.05) is 6.07 Å². The summed E-state index contributed by atoms with van der Waals surface area (Å²) in [6.45, 7) is 0.227. The van der Waals surface area contributed by atoms with Crippen molar-refractivity contribution >= 4 is 5.97 Å². The summed E-state index contributed by atoms with van der Waals surface area (Å²) in [6, 6.07) is 8.98. The van der Waals surface area contributed by atoms with E-state index in [0.29, 0.717) is 11.1 Å². The molecule has 0 saturated heterocycles. The van der Waals surface area contributed by atoms with Gasteiger partial charge in [0.05, 0.1) is 18.1 Å². The second kappa shape index (κ2) is 5.13. The summed E-state index contributed by atoms with van der Waals surface area (Å²) in [5.41, 5.74) is 6.71. The third-order valence-electron chi connectivity index (χ3n) is 2.23. The molecule has 0 amide bonds. The first-order valence-corrected chi connectivity index (χ1v) is 4.60. The van der Waals surface area contributed by atoms with Crippen LogP contribution in [0.1, 0.15) is 23.5 Å². The summed E-state index contributed by atoms with van der Waals surface area (Å²) in [5, 5.41) is 17.6. The number of nitrogens with zero attached hydrogens (tertiary/aromatic N) is 1. The van der Waals surface area contributed by atoms with Crippen LogP contribution in [0.15, 0.2) is 24.3 Å². The van der Waals surface area contributed by atoms with Gasteiger partial charge in [-0.15, -0.1) is 0 Å². The van der Waals surface area contributed by atoms with Gasteiger partial charge in [-0.25, -0.2) is 0 Å². The molecule has 0 bridgehead atoms. The SMILES string of the molecule is N#Cc1ccccc1C(CN)CC(=O)O. The van der Waals surface area contributed by atoms with Gasteiger partial charge in [-0.3, -0.25) is 4.79 Å². The molecule has 1 rings (SSSR count). The zero-order chi connectivity index (χ0) is 11.3. The molecule has 0 aromatic heterocycles. The minimum absolute atomic E-state index is 0.0464. The number of hydrogen-bond acceptors (Lipinski definition) is 3. The second-order valence-corrected chi connectivity index (χ2v) is 3.23. The molecule has 1 aromatic rings. The maximum absolute atomic E-state index is 10.6. The van der Waals surface area contributed by atoms with E-state index in [1.165, 1.54) is 0 Å². The van der Waals surface area contributed by atoms with Gasteiger partial charge in [0.1, 0.15) is 0 Å². The van der Waals surface area contributed by atoms with Crippen molar-refractivity contribution < 1.29 is 9.90 Å². The van der Waals surface area contributed by atoms with E-state index in [4.69, 9.17) is 16.1 Å². The lowest BCUT2D eigenvalue weighted by molar-refractivity contribution is -0.137. The third kappa shape index (κ3) is 2.79. The Labute approximate surface area is 87.9 Å². The Hall–Kier alpha value is -1.86. The number of benzene rings is 1. The molecule has 0 spiro atoms. The molecule has 3 N–H and O–H groups in total. The van der Waals surface area contributed by atoms with Crippen molar-refractivity contribution in [2.24, 2.45) is 5.73 Å². The number of hydrogen-bond donors (Lipinski definition) is 2. The minimum Gasteiger partial charge on any atom is -0.481 e. The topological polar surface area (TPSA) is 87.1 Å². The summed E-state index contributed by atoms with van der Waals surface area (Å²) in [4.78, 5) is 10.6. The van der Waals surface area contributed by atoms with E-state index in [9.17, 15) is 4.79 Å². The number of carbonyl (C=O) groups is 1. The number of nitrogens with two attached hydrogens (primary N) is 1. The van der Waals surface area contributed by atoms with E-state index < -0.39 is 5.97 Å². The molecule has 15 heavy (non-hydrogen) atoms. The van der Waals surface area contributed by atoms with Gasteiger partial charge in [0.15, 0.2) is 0 Å². The first-order chi connectivity index (χ1) is 7.19. The lowest BCUT2D eigenvalue weighted by atomic mass is 9.92. The van der Waals surface area contributed by atoms with E-state index in [0.717, 1.165) is 0 Å². The summed E-state index contributed by atoms with van der Waals surface area (Å²) >= 11 is 0. The van der Waals surface area contributed by atoms with Gasteiger partial charge in [-0.1, -0.05) is 18.2 Å². The zero-order valence-corrected chi connectivity index (χ0v) is 8.18. The Morgan fingerprint density at radius 2 is 2.20 bits per heavy atom. The smallest absolute Gasteiger partial charge is 0.304 e. The van der Waals surface area contributed by atoms with Crippen LogP contribution in [0.25, 0.3) is 0 Å². The average molecular weight is 204 g/mol. The number of aliphatic carboxylic acids is 1. The van der Waals surface area contributed by atoms with Crippen LogP contribution in [0.2, 0.25) is 0 Å². The molecule has 0 aliphatic heterocycles. The van der Waals surface area contributed by atoms with Gasteiger partial charge in [0.25, 0.3) is 0 Å². The number of carboxylic acid groups (broad SMARTS) is 1. The van der Waals surface area contributed by atoms with Gasteiger partial charge in [0, 0.05) is 5.92 Å². The molecule has 0 heterocycles. The van der Waals surface area contributed by atoms with Crippen LogP contribution in [-0.2, 0) is 4.79 Å². The molecule has 4 nitrogen and oxygen atoms in total. The van der Waals surface area contributed by atoms with Gasteiger partial charge in [-0.05, 0) is 18.2 Å². The molecule has 1 unspecified atom stereocenters. The summed E-state index contributed by atoms with van der Waals surface area (Å²) in [7, 11) is 0. The monoisotopic (exact) mass is 204 g/mol. The predicted octanol–water partition coefficient (Wildman–Crippen LogP) is 1.08. The molecular weight excluding hydrogens is 192 g/mol. The highest BCUT2D eigenvalue weighted by Crippen LogP contribution is 2.21. The molecule has 1 aromatic carbocycles. The Morgan fingerprint density at radius 3 is 2.73 bits per heavy atom. The highest BCUT2D eigenvalue weighted by molar-refractivity contribution is 5.68. The fraction of sp³-hybridized carbons (Fsp3) is 0.273. The van der Waals surface area contributed by atoms with Crippen LogP contribution in [0.4, 0.5) is 0 Å². The van der Waals surface area contributed by atoms with Crippen molar-refractivity contribution in [3.05, 3.63) is 35.4 Å². The molecule has 0 aliphatic carbocycles. The standard InChI is InChI=1S/C11H12N2O2/c12-6-8-3-1-2-4-10(8)9(7-13)5-11(14)15/h1-4,9H,5,7,13H2,(H,14,15). The van der Waals surface area contributed by atoms with Gasteiger partial charge in [0.2, 0.25) is 0 Å². The summed E-state index contributed by atoms with van der Waals surface area (Å²) in [6.07, 6.45) is -0.0464. The Balaban J connectivity index is 3.01. The lowest BCUT2D eigenvalue weighted by Gasteiger charge is -2.13. The summed E-state index contributed by atoms with van der Waals surface area (Å²) < 4.78 is 0.